The lowest BCUT2D eigenvalue weighted by Gasteiger charge is -2.13. The van der Waals surface area contributed by atoms with Crippen LogP contribution in [0.5, 0.6) is 0 Å². The van der Waals surface area contributed by atoms with E-state index in [1.165, 1.54) is 11.3 Å². The maximum atomic E-state index is 11.6. The first-order valence-corrected chi connectivity index (χ1v) is 5.38. The van der Waals surface area contributed by atoms with E-state index in [2.05, 4.69) is 12.0 Å². The number of anilines is 1. The van der Waals surface area contributed by atoms with Crippen molar-refractivity contribution in [2.45, 2.75) is 6.42 Å². The van der Waals surface area contributed by atoms with Gasteiger partial charge in [0.15, 0.2) is 0 Å². The fraction of sp³-hybridized carbons (Fsp3) is 0.273. The first-order valence-electron chi connectivity index (χ1n) is 4.50. The topological polar surface area (TPSA) is 44.1 Å². The smallest absolute Gasteiger partial charge is 0.228 e. The molecule has 0 saturated carbocycles. The highest BCUT2D eigenvalue weighted by Gasteiger charge is 2.31. The van der Waals surface area contributed by atoms with E-state index in [4.69, 9.17) is 11.7 Å². The van der Waals surface area contributed by atoms with E-state index in [-0.39, 0.29) is 11.8 Å². The summed E-state index contributed by atoms with van der Waals surface area (Å²) in [7, 11) is 0. The van der Waals surface area contributed by atoms with E-state index in [1.54, 1.807) is 11.0 Å². The molecule has 0 N–H and O–H groups in total. The SMILES string of the molecule is C#CC1CC(=O)N(c2sccc2C#N)C1. The molecular formula is C11H8N2OS. The van der Waals surface area contributed by atoms with E-state index >= 15 is 0 Å². The summed E-state index contributed by atoms with van der Waals surface area (Å²) in [6.45, 7) is 0.532. The van der Waals surface area contributed by atoms with Crippen LogP contribution in [0.3, 0.4) is 0 Å². The first kappa shape index (κ1) is 9.76. The average molecular weight is 216 g/mol. The molecule has 1 saturated heterocycles. The second-order valence-electron chi connectivity index (χ2n) is 3.32. The van der Waals surface area contributed by atoms with Crippen molar-refractivity contribution in [1.29, 1.82) is 5.26 Å². The number of nitriles is 1. The van der Waals surface area contributed by atoms with Gasteiger partial charge in [0.25, 0.3) is 0 Å². The van der Waals surface area contributed by atoms with Gasteiger partial charge < -0.3 is 4.90 Å². The summed E-state index contributed by atoms with van der Waals surface area (Å²) in [6.07, 6.45) is 5.68. The minimum atomic E-state index is -0.0221. The Morgan fingerprint density at radius 1 is 1.67 bits per heavy atom. The predicted molar refractivity (Wildman–Crippen MR) is 58.3 cm³/mol. The average Bonchev–Trinajstić information content (AvgIpc) is 2.82. The Kier molecular flexibility index (Phi) is 2.45. The van der Waals surface area contributed by atoms with Gasteiger partial charge in [0.05, 0.1) is 5.56 Å². The molecule has 0 radical (unpaired) electrons. The summed E-state index contributed by atoms with van der Waals surface area (Å²) in [4.78, 5) is 13.3. The summed E-state index contributed by atoms with van der Waals surface area (Å²) >= 11 is 1.40. The Morgan fingerprint density at radius 2 is 2.47 bits per heavy atom. The maximum Gasteiger partial charge on any atom is 0.228 e. The highest BCUT2D eigenvalue weighted by Crippen LogP contribution is 2.32. The van der Waals surface area contributed by atoms with Gasteiger partial charge >= 0.3 is 0 Å². The Bertz CT molecular complexity index is 478. The molecule has 74 valence electrons. The molecule has 1 atom stereocenters. The molecule has 0 aromatic carbocycles. The van der Waals surface area contributed by atoms with Crippen molar-refractivity contribution < 1.29 is 4.79 Å². The molecule has 1 unspecified atom stereocenters. The van der Waals surface area contributed by atoms with Crippen LogP contribution in [0.4, 0.5) is 5.00 Å². The number of nitrogens with zero attached hydrogens (tertiary/aromatic N) is 2. The van der Waals surface area contributed by atoms with Crippen LogP contribution >= 0.6 is 11.3 Å². The van der Waals surface area contributed by atoms with Crippen molar-refractivity contribution in [2.75, 3.05) is 11.4 Å². The van der Waals surface area contributed by atoms with Gasteiger partial charge in [-0.3, -0.25) is 4.79 Å². The van der Waals surface area contributed by atoms with Crippen LogP contribution in [0.1, 0.15) is 12.0 Å². The molecule has 0 bridgehead atoms. The third-order valence-electron chi connectivity index (χ3n) is 2.37. The predicted octanol–water partition coefficient (Wildman–Crippen LogP) is 1.61. The highest BCUT2D eigenvalue weighted by atomic mass is 32.1. The van der Waals surface area contributed by atoms with Crippen molar-refractivity contribution in [3.63, 3.8) is 0 Å². The van der Waals surface area contributed by atoms with Gasteiger partial charge in [0.2, 0.25) is 5.91 Å². The molecule has 2 heterocycles. The molecule has 1 aromatic heterocycles. The second-order valence-corrected chi connectivity index (χ2v) is 4.22. The van der Waals surface area contributed by atoms with Crippen LogP contribution in [0.2, 0.25) is 0 Å². The quantitative estimate of drug-likeness (QED) is 0.669. The third-order valence-corrected chi connectivity index (χ3v) is 3.31. The number of carbonyl (C=O) groups excluding carboxylic acids is 1. The van der Waals surface area contributed by atoms with Crippen molar-refractivity contribution in [3.8, 4) is 18.4 Å². The number of hydrogen-bond acceptors (Lipinski definition) is 3. The van der Waals surface area contributed by atoms with Crippen LogP contribution < -0.4 is 4.90 Å². The largest absolute Gasteiger partial charge is 0.301 e. The number of carbonyl (C=O) groups is 1. The van der Waals surface area contributed by atoms with Gasteiger partial charge in [-0.1, -0.05) is 0 Å². The molecular weight excluding hydrogens is 208 g/mol. The van der Waals surface area contributed by atoms with Crippen LogP contribution in [-0.4, -0.2) is 12.5 Å². The lowest BCUT2D eigenvalue weighted by Crippen LogP contribution is -2.24. The van der Waals surface area contributed by atoms with E-state index in [0.717, 1.165) is 5.00 Å². The standard InChI is InChI=1S/C11H8N2OS/c1-2-8-5-10(14)13(7-8)11-9(6-12)3-4-15-11/h1,3-4,8H,5,7H2. The van der Waals surface area contributed by atoms with Gasteiger partial charge in [0, 0.05) is 18.9 Å². The van der Waals surface area contributed by atoms with Crippen LogP contribution in [-0.2, 0) is 4.79 Å². The fourth-order valence-electron chi connectivity index (χ4n) is 1.61. The molecule has 4 heteroatoms. The van der Waals surface area contributed by atoms with E-state index in [1.807, 2.05) is 5.38 Å². The summed E-state index contributed by atoms with van der Waals surface area (Å²) in [5, 5.41) is 11.4. The molecule has 1 aromatic rings. The lowest BCUT2D eigenvalue weighted by molar-refractivity contribution is -0.117. The number of thiophene rings is 1. The van der Waals surface area contributed by atoms with Crippen molar-refractivity contribution in [3.05, 3.63) is 17.0 Å². The zero-order chi connectivity index (χ0) is 10.8. The molecule has 3 nitrogen and oxygen atoms in total. The zero-order valence-electron chi connectivity index (χ0n) is 7.93. The van der Waals surface area contributed by atoms with Crippen LogP contribution in [0.15, 0.2) is 11.4 Å². The van der Waals surface area contributed by atoms with Crippen LogP contribution in [0.25, 0.3) is 0 Å². The molecule has 15 heavy (non-hydrogen) atoms. The van der Waals surface area contributed by atoms with Gasteiger partial charge in [-0.25, -0.2) is 0 Å². The van der Waals surface area contributed by atoms with Gasteiger partial charge in [-0.2, -0.15) is 5.26 Å². The van der Waals surface area contributed by atoms with Gasteiger partial charge in [0.1, 0.15) is 11.1 Å². The number of terminal acetylenes is 1. The van der Waals surface area contributed by atoms with Gasteiger partial charge in [-0.05, 0) is 11.4 Å². The highest BCUT2D eigenvalue weighted by molar-refractivity contribution is 7.14. The monoisotopic (exact) mass is 216 g/mol. The first-order chi connectivity index (χ1) is 7.26. The Hall–Kier alpha value is -1.78. The molecule has 0 aliphatic carbocycles. The summed E-state index contributed by atoms with van der Waals surface area (Å²) in [5.41, 5.74) is 0.547. The number of amides is 1. The molecule has 1 aliphatic heterocycles. The maximum absolute atomic E-state index is 11.6. The molecule has 1 amide bonds. The minimum absolute atomic E-state index is 0.0110. The van der Waals surface area contributed by atoms with Gasteiger partial charge in [-0.15, -0.1) is 23.7 Å². The summed E-state index contributed by atoms with van der Waals surface area (Å²) < 4.78 is 0. The molecule has 1 fully saturated rings. The summed E-state index contributed by atoms with van der Waals surface area (Å²) in [5.74, 6) is 2.57. The second kappa shape index (κ2) is 3.76. The van der Waals surface area contributed by atoms with Crippen molar-refractivity contribution >= 4 is 22.2 Å². The lowest BCUT2D eigenvalue weighted by atomic mass is 10.1. The Labute approximate surface area is 91.9 Å². The van der Waals surface area contributed by atoms with E-state index < -0.39 is 0 Å². The van der Waals surface area contributed by atoms with Crippen molar-refractivity contribution in [2.24, 2.45) is 5.92 Å². The Balaban J connectivity index is 2.31. The minimum Gasteiger partial charge on any atom is -0.301 e. The zero-order valence-corrected chi connectivity index (χ0v) is 8.75. The number of hydrogen-bond donors (Lipinski definition) is 0. The Morgan fingerprint density at radius 3 is 3.07 bits per heavy atom. The molecule has 0 spiro atoms. The fourth-order valence-corrected chi connectivity index (χ4v) is 2.49. The normalized spacial score (nSPS) is 20.0. The third kappa shape index (κ3) is 1.60. The van der Waals surface area contributed by atoms with E-state index in [0.29, 0.717) is 18.5 Å². The molecule has 1 aliphatic rings. The summed E-state index contributed by atoms with van der Waals surface area (Å²) in [6, 6.07) is 3.79. The van der Waals surface area contributed by atoms with E-state index in [9.17, 15) is 4.79 Å². The number of rotatable bonds is 1. The van der Waals surface area contributed by atoms with Crippen LogP contribution in [0, 0.1) is 29.6 Å². The molecule has 2 rings (SSSR count). The van der Waals surface area contributed by atoms with Crippen molar-refractivity contribution in [1.82, 2.24) is 0 Å².